The van der Waals surface area contributed by atoms with Crippen LogP contribution in [0.3, 0.4) is 0 Å². The zero-order chi connectivity index (χ0) is 16.9. The van der Waals surface area contributed by atoms with E-state index in [0.717, 1.165) is 25.7 Å². The molecule has 0 radical (unpaired) electrons. The molecule has 136 valence electrons. The standard InChI is InChI=1S/2C8H15NO2.Ni/c2*1-5-3-2-4-6(7(5)9)8(10)11;/h2*5-7H,2-4,9H2,1H3,(H,10,11);/q;;+2/p-2. The molecule has 4 N–H and O–H groups in total. The number of hydrogen-bond donors (Lipinski definition) is 2. The van der Waals surface area contributed by atoms with Crippen LogP contribution in [0.1, 0.15) is 52.4 Å². The molecule has 6 nitrogen and oxygen atoms in total. The van der Waals surface area contributed by atoms with Gasteiger partial charge >= 0.3 is 16.5 Å². The van der Waals surface area contributed by atoms with Crippen molar-refractivity contribution >= 4 is 11.9 Å². The summed E-state index contributed by atoms with van der Waals surface area (Å²) in [6.07, 6.45) is 5.40. The van der Waals surface area contributed by atoms with Gasteiger partial charge in [0.2, 0.25) is 0 Å². The second kappa shape index (κ2) is 10.3. The van der Waals surface area contributed by atoms with Crippen LogP contribution in [-0.4, -0.2) is 24.0 Å². The van der Waals surface area contributed by atoms with Crippen molar-refractivity contribution in [1.82, 2.24) is 0 Å². The van der Waals surface area contributed by atoms with Crippen molar-refractivity contribution in [2.45, 2.75) is 64.5 Å². The van der Waals surface area contributed by atoms with Gasteiger partial charge in [0.05, 0.1) is 0 Å². The van der Waals surface area contributed by atoms with Gasteiger partial charge in [0.25, 0.3) is 0 Å². The fraction of sp³-hybridized carbons (Fsp3) is 0.875. The number of carboxylic acids is 2. The zero-order valence-electron chi connectivity index (χ0n) is 13.8. The van der Waals surface area contributed by atoms with E-state index < -0.39 is 23.8 Å². The number of carbonyl (C=O) groups is 2. The molecule has 23 heavy (non-hydrogen) atoms. The molecule has 0 spiro atoms. The molecule has 2 saturated carbocycles. The molecule has 2 aliphatic rings. The van der Waals surface area contributed by atoms with E-state index >= 15 is 0 Å². The molecular formula is C16H28N2NiO4. The summed E-state index contributed by atoms with van der Waals surface area (Å²) in [7, 11) is 0. The number of nitrogens with two attached hydrogens (primary N) is 2. The Balaban J connectivity index is 0.000000403. The van der Waals surface area contributed by atoms with Crippen molar-refractivity contribution < 1.29 is 36.3 Å². The summed E-state index contributed by atoms with van der Waals surface area (Å²) in [5.74, 6) is -2.15. The van der Waals surface area contributed by atoms with Gasteiger partial charge in [0, 0.05) is 35.9 Å². The molecule has 0 saturated heterocycles. The molecule has 2 aliphatic carbocycles. The summed E-state index contributed by atoms with van der Waals surface area (Å²) in [6.45, 7) is 4.00. The quantitative estimate of drug-likeness (QED) is 0.599. The Morgan fingerprint density at radius 2 is 1.09 bits per heavy atom. The van der Waals surface area contributed by atoms with E-state index in [0.29, 0.717) is 24.7 Å². The molecule has 6 unspecified atom stereocenters. The fourth-order valence-electron chi connectivity index (χ4n) is 3.43. The molecule has 0 aromatic rings. The van der Waals surface area contributed by atoms with Crippen LogP contribution in [0.2, 0.25) is 0 Å². The predicted molar refractivity (Wildman–Crippen MR) is 79.0 cm³/mol. The van der Waals surface area contributed by atoms with Gasteiger partial charge in [-0.25, -0.2) is 0 Å². The van der Waals surface area contributed by atoms with Gasteiger partial charge in [-0.2, -0.15) is 0 Å². The molecular weight excluding hydrogens is 343 g/mol. The smallest absolute Gasteiger partial charge is 0.550 e. The first-order valence-corrected chi connectivity index (χ1v) is 8.18. The predicted octanol–water partition coefficient (Wildman–Crippen LogP) is -1.00. The van der Waals surface area contributed by atoms with Crippen molar-refractivity contribution in [1.29, 1.82) is 0 Å². The molecule has 0 bridgehead atoms. The van der Waals surface area contributed by atoms with Gasteiger partial charge in [0.15, 0.2) is 0 Å². The van der Waals surface area contributed by atoms with E-state index in [1.807, 2.05) is 13.8 Å². The van der Waals surface area contributed by atoms with Crippen LogP contribution < -0.4 is 21.7 Å². The van der Waals surface area contributed by atoms with Crippen LogP contribution in [0.4, 0.5) is 0 Å². The topological polar surface area (TPSA) is 132 Å². The van der Waals surface area contributed by atoms with Gasteiger partial charge in [-0.15, -0.1) is 0 Å². The molecule has 2 fully saturated rings. The van der Waals surface area contributed by atoms with Crippen LogP contribution in [-0.2, 0) is 26.1 Å². The summed E-state index contributed by atoms with van der Waals surface area (Å²) < 4.78 is 0. The monoisotopic (exact) mass is 370 g/mol. The minimum absolute atomic E-state index is 0. The number of carboxylic acid groups (broad SMARTS) is 2. The van der Waals surface area contributed by atoms with E-state index in [-0.39, 0.29) is 28.6 Å². The first kappa shape index (κ1) is 22.4. The Morgan fingerprint density at radius 1 is 0.783 bits per heavy atom. The van der Waals surface area contributed by atoms with Crippen molar-refractivity contribution in [3.05, 3.63) is 0 Å². The SMILES string of the molecule is CC1CCCC(C(=O)[O-])C1N.CC1CCCC(C(=O)[O-])C1N.[Ni+2]. The fourth-order valence-corrected chi connectivity index (χ4v) is 3.43. The molecule has 7 heteroatoms. The normalized spacial score (nSPS) is 36.9. The maximum absolute atomic E-state index is 10.5. The van der Waals surface area contributed by atoms with Crippen molar-refractivity contribution in [2.24, 2.45) is 35.1 Å². The maximum atomic E-state index is 10.5. The minimum Gasteiger partial charge on any atom is -0.550 e. The number of hydrogen-bond acceptors (Lipinski definition) is 6. The van der Waals surface area contributed by atoms with E-state index in [9.17, 15) is 19.8 Å². The molecule has 6 atom stereocenters. The van der Waals surface area contributed by atoms with Crippen molar-refractivity contribution in [3.8, 4) is 0 Å². The Hall–Kier alpha value is -0.646. The molecule has 0 heterocycles. The van der Waals surface area contributed by atoms with Crippen LogP contribution in [0.15, 0.2) is 0 Å². The molecule has 0 aromatic heterocycles. The van der Waals surface area contributed by atoms with Crippen LogP contribution in [0, 0.1) is 23.7 Å². The largest absolute Gasteiger partial charge is 2.00 e. The van der Waals surface area contributed by atoms with E-state index in [1.54, 1.807) is 0 Å². The summed E-state index contributed by atoms with van der Waals surface area (Å²) in [5, 5.41) is 21.0. The Morgan fingerprint density at radius 3 is 1.30 bits per heavy atom. The van der Waals surface area contributed by atoms with E-state index in [2.05, 4.69) is 0 Å². The van der Waals surface area contributed by atoms with Crippen molar-refractivity contribution in [2.75, 3.05) is 0 Å². The third-order valence-corrected chi connectivity index (χ3v) is 5.20. The van der Waals surface area contributed by atoms with Gasteiger partial charge in [-0.1, -0.05) is 26.7 Å². The van der Waals surface area contributed by atoms with Gasteiger partial charge < -0.3 is 31.3 Å². The first-order chi connectivity index (χ1) is 10.3. The second-order valence-electron chi connectivity index (χ2n) is 6.82. The average Bonchev–Trinajstić information content (AvgIpc) is 2.45. The maximum Gasteiger partial charge on any atom is 2.00 e. The Kier molecular flexibility index (Phi) is 9.98. The molecule has 0 amide bonds. The molecule has 0 aromatic carbocycles. The number of carbonyl (C=O) groups excluding carboxylic acids is 2. The third kappa shape index (κ3) is 6.40. The Bertz CT molecular complexity index is 358. The van der Waals surface area contributed by atoms with Crippen LogP contribution >= 0.6 is 0 Å². The Labute approximate surface area is 148 Å². The summed E-state index contributed by atoms with van der Waals surface area (Å²) >= 11 is 0. The summed E-state index contributed by atoms with van der Waals surface area (Å²) in [5.41, 5.74) is 11.4. The van der Waals surface area contributed by atoms with Gasteiger partial charge in [-0.05, 0) is 37.5 Å². The second-order valence-corrected chi connectivity index (χ2v) is 6.82. The van der Waals surface area contributed by atoms with E-state index in [1.165, 1.54) is 0 Å². The van der Waals surface area contributed by atoms with Gasteiger partial charge in [-0.3, -0.25) is 0 Å². The number of aliphatic carboxylic acids is 2. The first-order valence-electron chi connectivity index (χ1n) is 8.18. The van der Waals surface area contributed by atoms with Crippen LogP contribution in [0.25, 0.3) is 0 Å². The molecule has 0 aliphatic heterocycles. The molecule has 2 rings (SSSR count). The number of rotatable bonds is 2. The van der Waals surface area contributed by atoms with Crippen molar-refractivity contribution in [3.63, 3.8) is 0 Å². The average molecular weight is 371 g/mol. The van der Waals surface area contributed by atoms with Gasteiger partial charge in [0.1, 0.15) is 0 Å². The zero-order valence-corrected chi connectivity index (χ0v) is 14.8. The minimum atomic E-state index is -0.982. The third-order valence-electron chi connectivity index (χ3n) is 5.20. The van der Waals surface area contributed by atoms with E-state index in [4.69, 9.17) is 11.5 Å². The summed E-state index contributed by atoms with van der Waals surface area (Å²) in [6, 6.07) is -0.400. The summed E-state index contributed by atoms with van der Waals surface area (Å²) in [4.78, 5) is 21.0. The van der Waals surface area contributed by atoms with Crippen LogP contribution in [0.5, 0.6) is 0 Å².